The van der Waals surface area contributed by atoms with Crippen LogP contribution in [-0.2, 0) is 9.53 Å². The van der Waals surface area contributed by atoms with Gasteiger partial charge in [-0.05, 0) is 31.0 Å². The number of ether oxygens (including phenoxy) is 1. The number of methoxy groups -OCH3 is 1. The molecule has 120 valence electrons. The fraction of sp³-hybridized carbons (Fsp3) is 0.500. The van der Waals surface area contributed by atoms with Gasteiger partial charge in [0.2, 0.25) is 5.91 Å². The van der Waals surface area contributed by atoms with Gasteiger partial charge in [0.15, 0.2) is 0 Å². The van der Waals surface area contributed by atoms with Crippen molar-refractivity contribution in [3.63, 3.8) is 0 Å². The molecular weight excluding hydrogens is 282 g/mol. The van der Waals surface area contributed by atoms with Crippen LogP contribution in [0.15, 0.2) is 18.2 Å². The number of nitrogens with one attached hydrogen (secondary N) is 1. The number of nitrogens with zero attached hydrogens (tertiary/aromatic N) is 2. The average Bonchev–Trinajstić information content (AvgIpc) is 2.52. The number of piperazine rings is 1. The number of hydrogen-bond acceptors (Lipinski definition) is 4. The third-order valence-electron chi connectivity index (χ3n) is 4.05. The second-order valence-electron chi connectivity index (χ2n) is 5.53. The summed E-state index contributed by atoms with van der Waals surface area (Å²) in [5, 5.41) is 2.96. The monoisotopic (exact) mass is 305 g/mol. The maximum absolute atomic E-state index is 12.2. The molecule has 1 aromatic carbocycles. The number of carbonyl (C=O) groups is 2. The first kappa shape index (κ1) is 16.3. The van der Waals surface area contributed by atoms with Crippen LogP contribution in [0.25, 0.3) is 0 Å². The van der Waals surface area contributed by atoms with E-state index in [-0.39, 0.29) is 12.0 Å². The lowest BCUT2D eigenvalue weighted by Gasteiger charge is -2.33. The Hall–Kier alpha value is -2.08. The van der Waals surface area contributed by atoms with Crippen molar-refractivity contribution < 1.29 is 14.3 Å². The molecule has 1 N–H and O–H groups in total. The fourth-order valence-corrected chi connectivity index (χ4v) is 2.50. The van der Waals surface area contributed by atoms with Crippen LogP contribution in [0, 0.1) is 13.8 Å². The predicted octanol–water partition coefficient (Wildman–Crippen LogP) is 1.63. The van der Waals surface area contributed by atoms with Gasteiger partial charge in [-0.1, -0.05) is 12.1 Å². The Morgan fingerprint density at radius 1 is 1.18 bits per heavy atom. The Morgan fingerprint density at radius 3 is 2.50 bits per heavy atom. The van der Waals surface area contributed by atoms with E-state index in [1.54, 1.807) is 4.90 Å². The van der Waals surface area contributed by atoms with Crippen molar-refractivity contribution in [2.75, 3.05) is 45.2 Å². The highest BCUT2D eigenvalue weighted by Gasteiger charge is 2.22. The van der Waals surface area contributed by atoms with Gasteiger partial charge < -0.3 is 15.0 Å². The van der Waals surface area contributed by atoms with Crippen LogP contribution in [0.2, 0.25) is 0 Å². The lowest BCUT2D eigenvalue weighted by Crippen LogP contribution is -2.50. The van der Waals surface area contributed by atoms with E-state index in [2.05, 4.69) is 5.32 Å². The largest absolute Gasteiger partial charge is 0.453 e. The van der Waals surface area contributed by atoms with E-state index in [0.717, 1.165) is 16.8 Å². The normalized spacial score (nSPS) is 15.5. The topological polar surface area (TPSA) is 61.9 Å². The molecule has 0 aromatic heterocycles. The Bertz CT molecular complexity index is 552. The molecule has 0 aliphatic carbocycles. The molecule has 0 saturated carbocycles. The Kier molecular flexibility index (Phi) is 5.38. The zero-order valence-corrected chi connectivity index (χ0v) is 13.4. The lowest BCUT2D eigenvalue weighted by molar-refractivity contribution is -0.117. The first-order valence-electron chi connectivity index (χ1n) is 7.42. The molecule has 6 nitrogen and oxygen atoms in total. The number of rotatable bonds is 3. The average molecular weight is 305 g/mol. The number of amides is 2. The summed E-state index contributed by atoms with van der Waals surface area (Å²) in [6.45, 7) is 6.89. The summed E-state index contributed by atoms with van der Waals surface area (Å²) in [6.07, 6.45) is -0.306. The molecule has 6 heteroatoms. The zero-order valence-electron chi connectivity index (χ0n) is 13.4. The first-order valence-corrected chi connectivity index (χ1v) is 7.42. The van der Waals surface area contributed by atoms with Crippen molar-refractivity contribution in [2.24, 2.45) is 0 Å². The van der Waals surface area contributed by atoms with Gasteiger partial charge in [-0.15, -0.1) is 0 Å². The SMILES string of the molecule is COC(=O)N1CCN(CC(=O)Nc2cccc(C)c2C)CC1. The quantitative estimate of drug-likeness (QED) is 0.922. The van der Waals surface area contributed by atoms with Crippen molar-refractivity contribution in [3.05, 3.63) is 29.3 Å². The molecule has 2 rings (SSSR count). The molecule has 1 aromatic rings. The van der Waals surface area contributed by atoms with Gasteiger partial charge in [-0.2, -0.15) is 0 Å². The van der Waals surface area contributed by atoms with Gasteiger partial charge in [0.1, 0.15) is 0 Å². The van der Waals surface area contributed by atoms with Crippen LogP contribution < -0.4 is 5.32 Å². The molecule has 1 saturated heterocycles. The number of benzene rings is 1. The molecule has 0 radical (unpaired) electrons. The van der Waals surface area contributed by atoms with E-state index in [4.69, 9.17) is 4.74 Å². The van der Waals surface area contributed by atoms with Crippen LogP contribution in [0.4, 0.5) is 10.5 Å². The molecule has 0 atom stereocenters. The van der Waals surface area contributed by atoms with Crippen LogP contribution in [0.3, 0.4) is 0 Å². The van der Waals surface area contributed by atoms with Crippen LogP contribution in [0.5, 0.6) is 0 Å². The molecule has 1 aliphatic rings. The van der Waals surface area contributed by atoms with E-state index in [9.17, 15) is 9.59 Å². The number of aryl methyl sites for hydroxylation is 1. The van der Waals surface area contributed by atoms with Gasteiger partial charge in [0.25, 0.3) is 0 Å². The second kappa shape index (κ2) is 7.26. The van der Waals surface area contributed by atoms with Crippen LogP contribution >= 0.6 is 0 Å². The van der Waals surface area contributed by atoms with E-state index in [1.807, 2.05) is 36.9 Å². The van der Waals surface area contributed by atoms with Gasteiger partial charge in [-0.3, -0.25) is 9.69 Å². The minimum atomic E-state index is -0.306. The predicted molar refractivity (Wildman–Crippen MR) is 85.0 cm³/mol. The van der Waals surface area contributed by atoms with Crippen molar-refractivity contribution in [2.45, 2.75) is 13.8 Å². The van der Waals surface area contributed by atoms with E-state index < -0.39 is 0 Å². The van der Waals surface area contributed by atoms with Crippen molar-refractivity contribution in [1.82, 2.24) is 9.80 Å². The molecule has 1 fully saturated rings. The summed E-state index contributed by atoms with van der Waals surface area (Å²) in [6, 6.07) is 5.87. The molecule has 2 amide bonds. The highest BCUT2D eigenvalue weighted by Crippen LogP contribution is 2.17. The molecule has 0 bridgehead atoms. The minimum Gasteiger partial charge on any atom is -0.453 e. The number of hydrogen-bond donors (Lipinski definition) is 1. The summed E-state index contributed by atoms with van der Waals surface area (Å²) >= 11 is 0. The van der Waals surface area contributed by atoms with Gasteiger partial charge in [0, 0.05) is 31.9 Å². The van der Waals surface area contributed by atoms with Crippen LogP contribution in [0.1, 0.15) is 11.1 Å². The van der Waals surface area contributed by atoms with Crippen LogP contribution in [-0.4, -0.2) is 61.6 Å². The Morgan fingerprint density at radius 2 is 1.86 bits per heavy atom. The molecule has 1 aliphatic heterocycles. The number of carbonyl (C=O) groups excluding carboxylic acids is 2. The van der Waals surface area contributed by atoms with Crippen molar-refractivity contribution >= 4 is 17.7 Å². The summed E-state index contributed by atoms with van der Waals surface area (Å²) in [5.41, 5.74) is 3.11. The van der Waals surface area contributed by atoms with E-state index in [0.29, 0.717) is 32.7 Å². The minimum absolute atomic E-state index is 0.0276. The molecular formula is C16H23N3O3. The van der Waals surface area contributed by atoms with Gasteiger partial charge in [-0.25, -0.2) is 4.79 Å². The van der Waals surface area contributed by atoms with E-state index >= 15 is 0 Å². The third-order valence-corrected chi connectivity index (χ3v) is 4.05. The lowest BCUT2D eigenvalue weighted by atomic mass is 10.1. The van der Waals surface area contributed by atoms with Gasteiger partial charge >= 0.3 is 6.09 Å². The van der Waals surface area contributed by atoms with E-state index in [1.165, 1.54) is 7.11 Å². The highest BCUT2D eigenvalue weighted by molar-refractivity contribution is 5.93. The fourth-order valence-electron chi connectivity index (χ4n) is 2.50. The summed E-state index contributed by atoms with van der Waals surface area (Å²) in [5.74, 6) is -0.0276. The Labute approximate surface area is 131 Å². The second-order valence-corrected chi connectivity index (χ2v) is 5.53. The summed E-state index contributed by atoms with van der Waals surface area (Å²) in [7, 11) is 1.38. The highest BCUT2D eigenvalue weighted by atomic mass is 16.5. The van der Waals surface area contributed by atoms with Gasteiger partial charge in [0.05, 0.1) is 13.7 Å². The summed E-state index contributed by atoms with van der Waals surface area (Å²) in [4.78, 5) is 27.3. The first-order chi connectivity index (χ1) is 10.5. The number of anilines is 1. The van der Waals surface area contributed by atoms with Crippen molar-refractivity contribution in [3.8, 4) is 0 Å². The molecule has 1 heterocycles. The standard InChI is InChI=1S/C16H23N3O3/c1-12-5-4-6-14(13(12)2)17-15(20)11-18-7-9-19(10-8-18)16(21)22-3/h4-6H,7-11H2,1-3H3,(H,17,20). The molecule has 0 unspecified atom stereocenters. The smallest absolute Gasteiger partial charge is 0.409 e. The third kappa shape index (κ3) is 3.98. The molecule has 22 heavy (non-hydrogen) atoms. The Balaban J connectivity index is 1.83. The molecule has 0 spiro atoms. The summed E-state index contributed by atoms with van der Waals surface area (Å²) < 4.78 is 4.70. The van der Waals surface area contributed by atoms with Crippen molar-refractivity contribution in [1.29, 1.82) is 0 Å². The maximum Gasteiger partial charge on any atom is 0.409 e. The zero-order chi connectivity index (χ0) is 16.1. The maximum atomic E-state index is 12.2.